The minimum absolute atomic E-state index is 0.0940. The summed E-state index contributed by atoms with van der Waals surface area (Å²) >= 11 is 11.9. The summed E-state index contributed by atoms with van der Waals surface area (Å²) in [6.07, 6.45) is 0.274. The summed E-state index contributed by atoms with van der Waals surface area (Å²) in [6.45, 7) is 5.99. The Morgan fingerprint density at radius 3 is 2.77 bits per heavy atom. The number of rotatable bonds is 8. The zero-order valence-electron chi connectivity index (χ0n) is 12.9. The SMILES string of the molecule is CCCNC(=NCC(O)COc1cccc(Cl)c1Cl)NCC. The van der Waals surface area contributed by atoms with Crippen LogP contribution >= 0.6 is 23.2 Å². The van der Waals surface area contributed by atoms with Crippen LogP contribution in [0, 0.1) is 0 Å². The number of nitrogens with one attached hydrogen (secondary N) is 2. The molecule has 3 N–H and O–H groups in total. The molecule has 0 spiro atoms. The molecule has 0 fully saturated rings. The van der Waals surface area contributed by atoms with Crippen LogP contribution in [0.15, 0.2) is 23.2 Å². The fraction of sp³-hybridized carbons (Fsp3) is 0.533. The van der Waals surface area contributed by atoms with Crippen LogP contribution in [0.3, 0.4) is 0 Å². The molecule has 5 nitrogen and oxygen atoms in total. The van der Waals surface area contributed by atoms with Gasteiger partial charge in [-0.3, -0.25) is 4.99 Å². The molecule has 0 aliphatic rings. The van der Waals surface area contributed by atoms with Gasteiger partial charge in [-0.15, -0.1) is 0 Å². The van der Waals surface area contributed by atoms with E-state index in [0.29, 0.717) is 21.8 Å². The topological polar surface area (TPSA) is 65.9 Å². The second-order valence-electron chi connectivity index (χ2n) is 4.66. The first-order valence-corrected chi connectivity index (χ1v) is 8.11. The van der Waals surface area contributed by atoms with Crippen molar-refractivity contribution in [3.8, 4) is 5.75 Å². The van der Waals surface area contributed by atoms with E-state index in [2.05, 4.69) is 22.5 Å². The van der Waals surface area contributed by atoms with E-state index in [9.17, 15) is 5.11 Å². The van der Waals surface area contributed by atoms with E-state index in [4.69, 9.17) is 27.9 Å². The average molecular weight is 348 g/mol. The Bertz CT molecular complexity index is 484. The monoisotopic (exact) mass is 347 g/mol. The Kier molecular flexibility index (Phi) is 9.04. The molecule has 0 aliphatic heterocycles. The maximum atomic E-state index is 9.95. The molecule has 0 heterocycles. The summed E-state index contributed by atoms with van der Waals surface area (Å²) in [5.74, 6) is 1.14. The first-order chi connectivity index (χ1) is 10.6. The van der Waals surface area contributed by atoms with Crippen LogP contribution in [0.1, 0.15) is 20.3 Å². The molecule has 0 radical (unpaired) electrons. The largest absolute Gasteiger partial charge is 0.489 e. The van der Waals surface area contributed by atoms with Crippen molar-refractivity contribution in [1.82, 2.24) is 10.6 Å². The highest BCUT2D eigenvalue weighted by Gasteiger charge is 2.09. The Morgan fingerprint density at radius 2 is 2.09 bits per heavy atom. The maximum Gasteiger partial charge on any atom is 0.191 e. The van der Waals surface area contributed by atoms with E-state index >= 15 is 0 Å². The molecule has 1 rings (SSSR count). The van der Waals surface area contributed by atoms with Gasteiger partial charge in [-0.05, 0) is 25.5 Å². The van der Waals surface area contributed by atoms with Gasteiger partial charge in [0.15, 0.2) is 5.96 Å². The number of benzene rings is 1. The predicted octanol–water partition coefficient (Wildman–Crippen LogP) is 2.70. The summed E-state index contributed by atoms with van der Waals surface area (Å²) in [5, 5.41) is 17.0. The zero-order chi connectivity index (χ0) is 16.4. The van der Waals surface area contributed by atoms with Gasteiger partial charge in [0, 0.05) is 13.1 Å². The van der Waals surface area contributed by atoms with Crippen LogP contribution in [-0.2, 0) is 0 Å². The van der Waals surface area contributed by atoms with Crippen molar-refractivity contribution in [2.75, 3.05) is 26.2 Å². The number of halogens is 2. The molecule has 0 amide bonds. The number of nitrogens with zero attached hydrogens (tertiary/aromatic N) is 1. The van der Waals surface area contributed by atoms with Gasteiger partial charge in [0.1, 0.15) is 23.5 Å². The fourth-order valence-corrected chi connectivity index (χ4v) is 1.96. The van der Waals surface area contributed by atoms with Crippen LogP contribution in [0.4, 0.5) is 0 Å². The van der Waals surface area contributed by atoms with E-state index in [1.807, 2.05) is 6.92 Å². The number of ether oxygens (including phenoxy) is 1. The second-order valence-corrected chi connectivity index (χ2v) is 5.45. The van der Waals surface area contributed by atoms with E-state index in [1.165, 1.54) is 0 Å². The zero-order valence-corrected chi connectivity index (χ0v) is 14.4. The third-order valence-electron chi connectivity index (χ3n) is 2.69. The standard InChI is InChI=1S/C15H23Cl2N3O2/c1-3-8-19-15(18-4-2)20-9-11(21)10-22-13-7-5-6-12(16)14(13)17/h5-7,11,21H,3-4,8-10H2,1-2H3,(H2,18,19,20). The average Bonchev–Trinajstić information content (AvgIpc) is 2.51. The Balaban J connectivity index is 2.47. The van der Waals surface area contributed by atoms with Crippen molar-refractivity contribution in [2.45, 2.75) is 26.4 Å². The van der Waals surface area contributed by atoms with Crippen molar-refractivity contribution >= 4 is 29.2 Å². The van der Waals surface area contributed by atoms with Crippen LogP contribution in [-0.4, -0.2) is 43.4 Å². The molecular formula is C15H23Cl2N3O2. The highest BCUT2D eigenvalue weighted by atomic mass is 35.5. The molecule has 7 heteroatoms. The second kappa shape index (κ2) is 10.5. The first-order valence-electron chi connectivity index (χ1n) is 7.35. The highest BCUT2D eigenvalue weighted by molar-refractivity contribution is 6.42. The number of guanidine groups is 1. The number of aliphatic hydroxyl groups excluding tert-OH is 1. The molecule has 0 aliphatic carbocycles. The molecule has 0 aromatic heterocycles. The Hall–Kier alpha value is -1.17. The molecule has 0 bridgehead atoms. The van der Waals surface area contributed by atoms with Crippen molar-refractivity contribution in [3.05, 3.63) is 28.2 Å². The van der Waals surface area contributed by atoms with Gasteiger partial charge >= 0.3 is 0 Å². The van der Waals surface area contributed by atoms with Crippen molar-refractivity contribution in [3.63, 3.8) is 0 Å². The van der Waals surface area contributed by atoms with E-state index < -0.39 is 6.10 Å². The quantitative estimate of drug-likeness (QED) is 0.499. The normalized spacial score (nSPS) is 12.9. The molecule has 0 saturated heterocycles. The molecule has 1 unspecified atom stereocenters. The molecule has 1 atom stereocenters. The Labute approximate surface area is 141 Å². The van der Waals surface area contributed by atoms with Gasteiger partial charge in [0.2, 0.25) is 0 Å². The van der Waals surface area contributed by atoms with Gasteiger partial charge in [0.05, 0.1) is 11.6 Å². The van der Waals surface area contributed by atoms with Gasteiger partial charge in [-0.2, -0.15) is 0 Å². The van der Waals surface area contributed by atoms with E-state index in [0.717, 1.165) is 19.5 Å². The fourth-order valence-electron chi connectivity index (χ4n) is 1.62. The minimum Gasteiger partial charge on any atom is -0.489 e. The molecule has 1 aromatic rings. The Morgan fingerprint density at radius 1 is 1.32 bits per heavy atom. The van der Waals surface area contributed by atoms with Crippen molar-refractivity contribution in [2.24, 2.45) is 4.99 Å². The molecule has 124 valence electrons. The maximum absolute atomic E-state index is 9.95. The lowest BCUT2D eigenvalue weighted by molar-refractivity contribution is 0.114. The van der Waals surface area contributed by atoms with Gasteiger partial charge < -0.3 is 20.5 Å². The number of hydrogen-bond donors (Lipinski definition) is 3. The van der Waals surface area contributed by atoms with Gasteiger partial charge in [-0.25, -0.2) is 0 Å². The van der Waals surface area contributed by atoms with Crippen molar-refractivity contribution < 1.29 is 9.84 Å². The summed E-state index contributed by atoms with van der Waals surface area (Å²) in [7, 11) is 0. The lowest BCUT2D eigenvalue weighted by Crippen LogP contribution is -2.38. The molecular weight excluding hydrogens is 325 g/mol. The number of aliphatic hydroxyl groups is 1. The van der Waals surface area contributed by atoms with E-state index in [-0.39, 0.29) is 13.2 Å². The lowest BCUT2D eigenvalue weighted by atomic mass is 10.3. The van der Waals surface area contributed by atoms with Gasteiger partial charge in [0.25, 0.3) is 0 Å². The lowest BCUT2D eigenvalue weighted by Gasteiger charge is -2.14. The summed E-state index contributed by atoms with van der Waals surface area (Å²) < 4.78 is 5.48. The number of aliphatic imine (C=N–C) groups is 1. The third-order valence-corrected chi connectivity index (χ3v) is 3.50. The first kappa shape index (κ1) is 18.9. The third kappa shape index (κ3) is 6.73. The summed E-state index contributed by atoms with van der Waals surface area (Å²) in [5.41, 5.74) is 0. The smallest absolute Gasteiger partial charge is 0.191 e. The minimum atomic E-state index is -0.730. The summed E-state index contributed by atoms with van der Waals surface area (Å²) in [6, 6.07) is 5.13. The van der Waals surface area contributed by atoms with Crippen LogP contribution in [0.2, 0.25) is 10.0 Å². The van der Waals surface area contributed by atoms with E-state index in [1.54, 1.807) is 18.2 Å². The predicted molar refractivity (Wildman–Crippen MR) is 92.2 cm³/mol. The molecule has 1 aromatic carbocycles. The van der Waals surface area contributed by atoms with Crippen LogP contribution in [0.25, 0.3) is 0 Å². The highest BCUT2D eigenvalue weighted by Crippen LogP contribution is 2.31. The van der Waals surface area contributed by atoms with Crippen molar-refractivity contribution in [1.29, 1.82) is 0 Å². The van der Waals surface area contributed by atoms with Crippen LogP contribution < -0.4 is 15.4 Å². The van der Waals surface area contributed by atoms with Crippen LogP contribution in [0.5, 0.6) is 5.75 Å². The molecule has 22 heavy (non-hydrogen) atoms. The number of hydrogen-bond acceptors (Lipinski definition) is 3. The summed E-state index contributed by atoms with van der Waals surface area (Å²) in [4.78, 5) is 4.31. The molecule has 0 saturated carbocycles. The van der Waals surface area contributed by atoms with Gasteiger partial charge in [-0.1, -0.05) is 36.2 Å².